The first-order valence-corrected chi connectivity index (χ1v) is 12.0. The van der Waals surface area contributed by atoms with E-state index in [1.54, 1.807) is 74.1 Å². The number of aromatic nitrogens is 4. The first kappa shape index (κ1) is 24.1. The SMILES string of the molecule is CCOP(=O)(OCC)[C@H](OC(=O)c1nnn(Cc2ccc(Cl)nc2)c1C)c1ccccc1. The largest absolute Gasteiger partial charge is 0.440 e. The molecular formula is C21H24ClN4O5P. The molecule has 0 saturated heterocycles. The van der Waals surface area contributed by atoms with Gasteiger partial charge in [-0.05, 0) is 32.4 Å². The molecular weight excluding hydrogens is 455 g/mol. The van der Waals surface area contributed by atoms with Gasteiger partial charge in [0.1, 0.15) is 5.15 Å². The van der Waals surface area contributed by atoms with E-state index in [0.29, 0.717) is 23.0 Å². The van der Waals surface area contributed by atoms with Crippen LogP contribution in [0.1, 0.15) is 47.0 Å². The molecule has 0 spiro atoms. The minimum atomic E-state index is -3.81. The van der Waals surface area contributed by atoms with Gasteiger partial charge in [-0.1, -0.05) is 53.2 Å². The van der Waals surface area contributed by atoms with Gasteiger partial charge in [0, 0.05) is 11.8 Å². The van der Waals surface area contributed by atoms with E-state index in [0.717, 1.165) is 5.56 Å². The molecule has 0 bridgehead atoms. The van der Waals surface area contributed by atoms with Crippen molar-refractivity contribution in [2.75, 3.05) is 13.2 Å². The fourth-order valence-corrected chi connectivity index (χ4v) is 4.93. The molecule has 2 aromatic heterocycles. The third-order valence-electron chi connectivity index (χ3n) is 4.51. The number of pyridine rings is 1. The zero-order chi connectivity index (χ0) is 23.1. The Morgan fingerprint density at radius 3 is 2.41 bits per heavy atom. The summed E-state index contributed by atoms with van der Waals surface area (Å²) in [6.45, 7) is 5.68. The predicted octanol–water partition coefficient (Wildman–Crippen LogP) is 4.80. The molecule has 0 radical (unpaired) electrons. The zero-order valence-electron chi connectivity index (χ0n) is 18.0. The van der Waals surface area contributed by atoms with Gasteiger partial charge in [-0.2, -0.15) is 0 Å². The molecule has 32 heavy (non-hydrogen) atoms. The van der Waals surface area contributed by atoms with Crippen LogP contribution >= 0.6 is 19.2 Å². The quantitative estimate of drug-likeness (QED) is 0.232. The van der Waals surface area contributed by atoms with Gasteiger partial charge in [0.2, 0.25) is 5.85 Å². The second kappa shape index (κ2) is 10.8. The Bertz CT molecular complexity index is 1080. The zero-order valence-corrected chi connectivity index (χ0v) is 19.6. The van der Waals surface area contributed by atoms with Crippen molar-refractivity contribution in [2.45, 2.75) is 33.2 Å². The number of carbonyl (C=O) groups is 1. The number of ether oxygens (including phenoxy) is 1. The Morgan fingerprint density at radius 1 is 1.12 bits per heavy atom. The molecule has 0 aliphatic rings. The maximum atomic E-state index is 13.5. The number of carbonyl (C=O) groups excluding carboxylic acids is 1. The summed E-state index contributed by atoms with van der Waals surface area (Å²) in [5, 5.41) is 8.40. The van der Waals surface area contributed by atoms with Gasteiger partial charge >= 0.3 is 13.6 Å². The third-order valence-corrected chi connectivity index (χ3v) is 6.94. The monoisotopic (exact) mass is 478 g/mol. The molecule has 170 valence electrons. The van der Waals surface area contributed by atoms with Crippen LogP contribution in [0.3, 0.4) is 0 Å². The maximum Gasteiger partial charge on any atom is 0.375 e. The minimum absolute atomic E-state index is 0.00685. The average molecular weight is 479 g/mol. The highest BCUT2D eigenvalue weighted by Crippen LogP contribution is 2.61. The summed E-state index contributed by atoms with van der Waals surface area (Å²) in [5.41, 5.74) is 1.82. The predicted molar refractivity (Wildman–Crippen MR) is 119 cm³/mol. The summed E-state index contributed by atoms with van der Waals surface area (Å²) >= 11 is 5.82. The van der Waals surface area contributed by atoms with E-state index in [2.05, 4.69) is 15.3 Å². The molecule has 0 N–H and O–H groups in total. The smallest absolute Gasteiger partial charge is 0.375 e. The van der Waals surface area contributed by atoms with E-state index in [4.69, 9.17) is 25.4 Å². The molecule has 1 aromatic carbocycles. The van der Waals surface area contributed by atoms with E-state index >= 15 is 0 Å². The first-order chi connectivity index (χ1) is 15.4. The van der Waals surface area contributed by atoms with Crippen molar-refractivity contribution >= 4 is 25.2 Å². The van der Waals surface area contributed by atoms with Crippen molar-refractivity contribution in [3.8, 4) is 0 Å². The molecule has 11 heteroatoms. The number of rotatable bonds is 10. The molecule has 3 rings (SSSR count). The van der Waals surface area contributed by atoms with Gasteiger partial charge in [0.15, 0.2) is 5.69 Å². The van der Waals surface area contributed by atoms with Crippen molar-refractivity contribution in [3.05, 3.63) is 76.3 Å². The fourth-order valence-electron chi connectivity index (χ4n) is 2.99. The lowest BCUT2D eigenvalue weighted by molar-refractivity contribution is 0.0356. The summed E-state index contributed by atoms with van der Waals surface area (Å²) in [5.74, 6) is -2.03. The molecule has 0 amide bonds. The molecule has 0 aliphatic heterocycles. The second-order valence-electron chi connectivity index (χ2n) is 6.71. The van der Waals surface area contributed by atoms with Gasteiger partial charge in [0.05, 0.1) is 25.5 Å². The summed E-state index contributed by atoms with van der Waals surface area (Å²) in [6, 6.07) is 12.2. The lowest BCUT2D eigenvalue weighted by Gasteiger charge is -2.26. The van der Waals surface area contributed by atoms with Crippen molar-refractivity contribution in [1.29, 1.82) is 0 Å². The molecule has 2 heterocycles. The minimum Gasteiger partial charge on any atom is -0.440 e. The number of hydrogen-bond donors (Lipinski definition) is 0. The fraction of sp³-hybridized carbons (Fsp3) is 0.333. The normalized spacial score (nSPS) is 12.5. The topological polar surface area (TPSA) is 105 Å². The molecule has 0 unspecified atom stereocenters. The highest BCUT2D eigenvalue weighted by atomic mass is 35.5. The Kier molecular flexibility index (Phi) is 8.15. The number of benzene rings is 1. The third kappa shape index (κ3) is 5.61. The number of nitrogens with zero attached hydrogens (tertiary/aromatic N) is 4. The summed E-state index contributed by atoms with van der Waals surface area (Å²) in [4.78, 5) is 17.0. The standard InChI is InChI=1S/C21H24ClN4O5P/c1-4-29-32(28,30-5-2)21(17-9-7-6-8-10-17)31-20(27)19-15(3)26(25-24-19)14-16-11-12-18(22)23-13-16/h6-13,21H,4-5,14H2,1-3H3/t21-/m0/s1. The van der Waals surface area contributed by atoms with Crippen molar-refractivity contribution in [2.24, 2.45) is 0 Å². The van der Waals surface area contributed by atoms with Crippen molar-refractivity contribution in [3.63, 3.8) is 0 Å². The average Bonchev–Trinajstić information content (AvgIpc) is 3.14. The maximum absolute atomic E-state index is 13.5. The van der Waals surface area contributed by atoms with Crippen molar-refractivity contribution in [1.82, 2.24) is 20.0 Å². The van der Waals surface area contributed by atoms with Crippen LogP contribution in [0.25, 0.3) is 0 Å². The lowest BCUT2D eigenvalue weighted by Crippen LogP contribution is -2.16. The second-order valence-corrected chi connectivity index (χ2v) is 9.17. The molecule has 1 atom stereocenters. The van der Waals surface area contributed by atoms with Gasteiger partial charge in [0.25, 0.3) is 0 Å². The molecule has 0 fully saturated rings. The number of halogens is 1. The molecule has 0 aliphatic carbocycles. The van der Waals surface area contributed by atoms with E-state index in [-0.39, 0.29) is 18.9 Å². The van der Waals surface area contributed by atoms with Crippen LogP contribution in [-0.4, -0.2) is 39.2 Å². The van der Waals surface area contributed by atoms with E-state index in [9.17, 15) is 9.36 Å². The van der Waals surface area contributed by atoms with Gasteiger partial charge in [-0.3, -0.25) is 4.57 Å². The Labute approximate surface area is 191 Å². The summed E-state index contributed by atoms with van der Waals surface area (Å²) in [6.07, 6.45) is 1.62. The summed E-state index contributed by atoms with van der Waals surface area (Å²) < 4.78 is 31.5. The van der Waals surface area contributed by atoms with Crippen LogP contribution in [0.15, 0.2) is 48.7 Å². The van der Waals surface area contributed by atoms with Crippen LogP contribution in [0.5, 0.6) is 0 Å². The number of hydrogen-bond acceptors (Lipinski definition) is 8. The highest BCUT2D eigenvalue weighted by Gasteiger charge is 2.41. The van der Waals surface area contributed by atoms with Gasteiger partial charge < -0.3 is 13.8 Å². The van der Waals surface area contributed by atoms with Gasteiger partial charge in [-0.15, -0.1) is 5.10 Å². The van der Waals surface area contributed by atoms with Crippen LogP contribution in [0.2, 0.25) is 5.15 Å². The van der Waals surface area contributed by atoms with E-state index in [1.165, 1.54) is 0 Å². The lowest BCUT2D eigenvalue weighted by atomic mass is 10.2. The van der Waals surface area contributed by atoms with Crippen molar-refractivity contribution < 1.29 is 23.1 Å². The van der Waals surface area contributed by atoms with Gasteiger partial charge in [-0.25, -0.2) is 14.5 Å². The Balaban J connectivity index is 1.87. The molecule has 0 saturated carbocycles. The van der Waals surface area contributed by atoms with E-state index < -0.39 is 19.4 Å². The van der Waals surface area contributed by atoms with Crippen LogP contribution in [-0.2, 0) is 24.9 Å². The number of esters is 1. The first-order valence-electron chi connectivity index (χ1n) is 10.0. The summed E-state index contributed by atoms with van der Waals surface area (Å²) in [7, 11) is -3.81. The Morgan fingerprint density at radius 2 is 1.81 bits per heavy atom. The van der Waals surface area contributed by atoms with E-state index in [1.807, 2.05) is 0 Å². The molecule has 9 nitrogen and oxygen atoms in total. The van der Waals surface area contributed by atoms with Crippen LogP contribution < -0.4 is 0 Å². The molecule has 3 aromatic rings. The van der Waals surface area contributed by atoms with Crippen LogP contribution in [0.4, 0.5) is 0 Å². The Hall–Kier alpha value is -2.58. The van der Waals surface area contributed by atoms with Crippen LogP contribution in [0, 0.1) is 6.92 Å². The highest BCUT2D eigenvalue weighted by molar-refractivity contribution is 7.54.